The molecule has 4 aliphatic rings. The summed E-state index contributed by atoms with van der Waals surface area (Å²) in [5, 5.41) is 5.41. The van der Waals surface area contributed by atoms with Gasteiger partial charge in [-0.25, -0.2) is 0 Å². The highest BCUT2D eigenvalue weighted by molar-refractivity contribution is 7.10. The number of carbonyl (C=O) groups excluding carboxylic acids is 1. The van der Waals surface area contributed by atoms with Crippen molar-refractivity contribution in [3.63, 3.8) is 0 Å². The van der Waals surface area contributed by atoms with Crippen LogP contribution in [0, 0.1) is 0 Å². The van der Waals surface area contributed by atoms with Gasteiger partial charge in [0, 0.05) is 50.2 Å². The van der Waals surface area contributed by atoms with Crippen LogP contribution >= 0.6 is 11.3 Å². The normalized spacial score (nSPS) is 33.0. The van der Waals surface area contributed by atoms with E-state index in [0.717, 1.165) is 39.0 Å². The second-order valence-electron chi connectivity index (χ2n) is 6.97. The van der Waals surface area contributed by atoms with Crippen LogP contribution in [0.15, 0.2) is 17.5 Å². The topological polar surface area (TPSA) is 35.6 Å². The molecule has 1 aromatic heterocycles. The van der Waals surface area contributed by atoms with Crippen molar-refractivity contribution in [1.82, 2.24) is 15.1 Å². The monoisotopic (exact) mass is 319 g/mol. The second kappa shape index (κ2) is 5.95. The van der Waals surface area contributed by atoms with E-state index in [2.05, 4.69) is 32.6 Å². The third-order valence-corrected chi connectivity index (χ3v) is 6.85. The van der Waals surface area contributed by atoms with Gasteiger partial charge in [-0.15, -0.1) is 11.3 Å². The van der Waals surface area contributed by atoms with Crippen molar-refractivity contribution in [2.45, 2.75) is 37.1 Å². The van der Waals surface area contributed by atoms with Crippen molar-refractivity contribution in [1.29, 1.82) is 0 Å². The highest BCUT2D eigenvalue weighted by Gasteiger charge is 2.44. The largest absolute Gasteiger partial charge is 0.354 e. The number of carbonyl (C=O) groups is 1. The predicted octanol–water partition coefficient (Wildman–Crippen LogP) is 1.68. The maximum absolute atomic E-state index is 13.0. The van der Waals surface area contributed by atoms with Gasteiger partial charge in [-0.2, -0.15) is 0 Å². The molecule has 0 radical (unpaired) electrons. The van der Waals surface area contributed by atoms with E-state index >= 15 is 0 Å². The maximum Gasteiger partial charge on any atom is 0.231 e. The molecule has 1 saturated carbocycles. The van der Waals surface area contributed by atoms with Gasteiger partial charge in [0.15, 0.2) is 0 Å². The molecule has 1 N–H and O–H groups in total. The molecule has 0 spiro atoms. The third-order valence-electron chi connectivity index (χ3n) is 5.78. The Balaban J connectivity index is 1.42. The molecule has 5 heteroatoms. The van der Waals surface area contributed by atoms with Gasteiger partial charge in [0.05, 0.1) is 5.41 Å². The standard InChI is InChI=1S/C17H25N3OS/c21-16(17(5-1-2-6-17)15-4-3-11-22-15)18-12-14-13-19-7-9-20(14)10-8-19/h3-4,11,14H,1-2,5-10,12-13H2,(H,18,21). The Bertz CT molecular complexity index is 516. The predicted molar refractivity (Wildman–Crippen MR) is 89.3 cm³/mol. The molecular formula is C17H25N3OS. The quantitative estimate of drug-likeness (QED) is 0.917. The van der Waals surface area contributed by atoms with E-state index in [1.165, 1.54) is 30.8 Å². The Kier molecular flexibility index (Phi) is 3.96. The molecule has 1 atom stereocenters. The zero-order valence-electron chi connectivity index (χ0n) is 13.1. The molecule has 4 heterocycles. The van der Waals surface area contributed by atoms with Crippen LogP contribution in [-0.2, 0) is 10.2 Å². The number of amides is 1. The average Bonchev–Trinajstić information content (AvgIpc) is 3.25. The van der Waals surface area contributed by atoms with Gasteiger partial charge in [-0.3, -0.25) is 14.6 Å². The Morgan fingerprint density at radius 2 is 2.05 bits per heavy atom. The summed E-state index contributed by atoms with van der Waals surface area (Å²) in [7, 11) is 0. The number of nitrogens with one attached hydrogen (secondary N) is 1. The van der Waals surface area contributed by atoms with E-state index in [-0.39, 0.29) is 11.3 Å². The van der Waals surface area contributed by atoms with Gasteiger partial charge < -0.3 is 5.32 Å². The van der Waals surface area contributed by atoms with Crippen molar-refractivity contribution in [2.24, 2.45) is 0 Å². The summed E-state index contributed by atoms with van der Waals surface area (Å²) < 4.78 is 0. The summed E-state index contributed by atoms with van der Waals surface area (Å²) >= 11 is 1.74. The summed E-state index contributed by atoms with van der Waals surface area (Å²) in [4.78, 5) is 19.3. The maximum atomic E-state index is 13.0. The molecule has 2 bridgehead atoms. The first-order valence-electron chi connectivity index (χ1n) is 8.57. The number of hydrogen-bond donors (Lipinski definition) is 1. The lowest BCUT2D eigenvalue weighted by atomic mass is 9.83. The SMILES string of the molecule is O=C(NCC1CN2CCN1CC2)C1(c2cccs2)CCCC1. The van der Waals surface area contributed by atoms with Crippen LogP contribution in [-0.4, -0.2) is 61.0 Å². The molecule has 1 aliphatic carbocycles. The summed E-state index contributed by atoms with van der Waals surface area (Å²) in [6.07, 6.45) is 4.38. The van der Waals surface area contributed by atoms with Crippen LogP contribution in [0.1, 0.15) is 30.6 Å². The van der Waals surface area contributed by atoms with Crippen LogP contribution in [0.4, 0.5) is 0 Å². The fourth-order valence-electron chi connectivity index (χ4n) is 4.41. The van der Waals surface area contributed by atoms with Gasteiger partial charge in [-0.05, 0) is 24.3 Å². The van der Waals surface area contributed by atoms with E-state index in [1.54, 1.807) is 11.3 Å². The van der Waals surface area contributed by atoms with Gasteiger partial charge in [-0.1, -0.05) is 18.9 Å². The average molecular weight is 319 g/mol. The molecule has 3 saturated heterocycles. The summed E-state index contributed by atoms with van der Waals surface area (Å²) in [5.74, 6) is 0.269. The third kappa shape index (κ3) is 2.49. The van der Waals surface area contributed by atoms with Crippen molar-refractivity contribution < 1.29 is 4.79 Å². The molecule has 4 fully saturated rings. The molecule has 5 rings (SSSR count). The first kappa shape index (κ1) is 14.7. The van der Waals surface area contributed by atoms with E-state index in [4.69, 9.17) is 0 Å². The fourth-order valence-corrected chi connectivity index (χ4v) is 5.40. The molecule has 22 heavy (non-hydrogen) atoms. The smallest absolute Gasteiger partial charge is 0.231 e. The van der Waals surface area contributed by atoms with Gasteiger partial charge >= 0.3 is 0 Å². The fraction of sp³-hybridized carbons (Fsp3) is 0.706. The molecule has 1 unspecified atom stereocenters. The van der Waals surface area contributed by atoms with Crippen molar-refractivity contribution in [3.8, 4) is 0 Å². The van der Waals surface area contributed by atoms with Crippen molar-refractivity contribution in [2.75, 3.05) is 39.3 Å². The Morgan fingerprint density at radius 1 is 1.27 bits per heavy atom. The Morgan fingerprint density at radius 3 is 2.64 bits per heavy atom. The summed E-state index contributed by atoms with van der Waals surface area (Å²) in [6.45, 7) is 6.65. The van der Waals surface area contributed by atoms with Crippen LogP contribution in [0.2, 0.25) is 0 Å². The van der Waals surface area contributed by atoms with Crippen LogP contribution in [0.3, 0.4) is 0 Å². The number of rotatable bonds is 4. The summed E-state index contributed by atoms with van der Waals surface area (Å²) in [6, 6.07) is 4.73. The van der Waals surface area contributed by atoms with E-state index in [9.17, 15) is 4.79 Å². The van der Waals surface area contributed by atoms with Crippen LogP contribution < -0.4 is 5.32 Å². The first-order chi connectivity index (χ1) is 10.8. The van der Waals surface area contributed by atoms with Gasteiger partial charge in [0.1, 0.15) is 0 Å². The summed E-state index contributed by atoms with van der Waals surface area (Å²) in [5.41, 5.74) is -0.239. The lowest BCUT2D eigenvalue weighted by Gasteiger charge is -2.47. The molecule has 120 valence electrons. The lowest BCUT2D eigenvalue weighted by molar-refractivity contribution is -0.127. The number of hydrogen-bond acceptors (Lipinski definition) is 4. The van der Waals surface area contributed by atoms with Crippen molar-refractivity contribution in [3.05, 3.63) is 22.4 Å². The molecule has 4 nitrogen and oxygen atoms in total. The Labute approximate surface area is 136 Å². The minimum absolute atomic E-state index is 0.239. The Hall–Kier alpha value is -0.910. The van der Waals surface area contributed by atoms with Crippen molar-refractivity contribution >= 4 is 17.2 Å². The minimum atomic E-state index is -0.239. The van der Waals surface area contributed by atoms with E-state index in [1.807, 2.05) is 0 Å². The zero-order valence-corrected chi connectivity index (χ0v) is 13.9. The number of piperazine rings is 3. The van der Waals surface area contributed by atoms with E-state index in [0.29, 0.717) is 6.04 Å². The minimum Gasteiger partial charge on any atom is -0.354 e. The second-order valence-corrected chi connectivity index (χ2v) is 7.91. The van der Waals surface area contributed by atoms with Crippen LogP contribution in [0.5, 0.6) is 0 Å². The number of fused-ring (bicyclic) bond motifs is 3. The van der Waals surface area contributed by atoms with Gasteiger partial charge in [0.25, 0.3) is 0 Å². The molecule has 3 aliphatic heterocycles. The molecule has 1 amide bonds. The van der Waals surface area contributed by atoms with Gasteiger partial charge in [0.2, 0.25) is 5.91 Å². The molecular weight excluding hydrogens is 294 g/mol. The first-order valence-corrected chi connectivity index (χ1v) is 9.45. The highest BCUT2D eigenvalue weighted by atomic mass is 32.1. The zero-order chi connectivity index (χ0) is 15.0. The number of thiophene rings is 1. The molecule has 1 aromatic rings. The molecule has 0 aromatic carbocycles. The van der Waals surface area contributed by atoms with E-state index < -0.39 is 0 Å². The van der Waals surface area contributed by atoms with Crippen LogP contribution in [0.25, 0.3) is 0 Å². The number of nitrogens with zero attached hydrogens (tertiary/aromatic N) is 2. The highest BCUT2D eigenvalue weighted by Crippen LogP contribution is 2.43. The lowest BCUT2D eigenvalue weighted by Crippen LogP contribution is -2.64.